The highest BCUT2D eigenvalue weighted by Crippen LogP contribution is 2.45. The first-order chi connectivity index (χ1) is 17.0. The zero-order valence-electron chi connectivity index (χ0n) is 20.1. The number of carbonyl (C=O) groups excluding carboxylic acids is 2. The van der Waals surface area contributed by atoms with Crippen LogP contribution >= 0.6 is 22.7 Å². The fraction of sp³-hybridized carbons (Fsp3) is 0.296. The summed E-state index contributed by atoms with van der Waals surface area (Å²) in [5.74, 6) is -0.0649. The first-order valence-corrected chi connectivity index (χ1v) is 13.5. The number of fused-ring (bicyclic) bond motifs is 2. The molecule has 2 amide bonds. The van der Waals surface area contributed by atoms with Crippen molar-refractivity contribution < 1.29 is 9.59 Å². The molecule has 2 aromatic carbocycles. The number of amides is 2. The lowest BCUT2D eigenvalue weighted by Gasteiger charge is -2.26. The largest absolute Gasteiger partial charge is 0.372 e. The Bertz CT molecular complexity index is 1350. The van der Waals surface area contributed by atoms with Gasteiger partial charge in [0.2, 0.25) is 5.91 Å². The van der Waals surface area contributed by atoms with Crippen molar-refractivity contribution >= 4 is 55.4 Å². The molecule has 4 aromatic rings. The van der Waals surface area contributed by atoms with Crippen LogP contribution in [0.1, 0.15) is 41.6 Å². The molecule has 8 heteroatoms. The highest BCUT2D eigenvalue weighted by Gasteiger charge is 2.28. The summed E-state index contributed by atoms with van der Waals surface area (Å²) in [6.45, 7) is 8.95. The Morgan fingerprint density at radius 1 is 1.06 bits per heavy atom. The van der Waals surface area contributed by atoms with E-state index in [0.717, 1.165) is 55.9 Å². The Kier molecular flexibility index (Phi) is 6.58. The third-order valence-corrected chi connectivity index (χ3v) is 8.68. The van der Waals surface area contributed by atoms with Gasteiger partial charge >= 0.3 is 0 Å². The SMILES string of the molecule is CCN(CC)c1ccc(C(=O)Nc2sc3c(c2-c2nc4ccccc4s2)CCN(C(C)=O)C3)cc1. The molecule has 0 saturated carbocycles. The van der Waals surface area contributed by atoms with Gasteiger partial charge in [-0.25, -0.2) is 4.98 Å². The van der Waals surface area contributed by atoms with Crippen LogP contribution < -0.4 is 10.2 Å². The number of rotatable bonds is 6. The number of thiazole rings is 1. The van der Waals surface area contributed by atoms with Crippen LogP contribution in [0.25, 0.3) is 20.8 Å². The fourth-order valence-electron chi connectivity index (χ4n) is 4.55. The number of carbonyl (C=O) groups is 2. The molecule has 0 spiro atoms. The second-order valence-corrected chi connectivity index (χ2v) is 10.7. The highest BCUT2D eigenvalue weighted by molar-refractivity contribution is 7.23. The zero-order valence-corrected chi connectivity index (χ0v) is 21.8. The van der Waals surface area contributed by atoms with Crippen molar-refractivity contribution in [2.24, 2.45) is 0 Å². The number of thiophene rings is 1. The monoisotopic (exact) mass is 504 g/mol. The van der Waals surface area contributed by atoms with E-state index < -0.39 is 0 Å². The quantitative estimate of drug-likeness (QED) is 0.348. The highest BCUT2D eigenvalue weighted by atomic mass is 32.1. The molecule has 35 heavy (non-hydrogen) atoms. The number of nitrogens with one attached hydrogen (secondary N) is 1. The normalized spacial score (nSPS) is 13.1. The smallest absolute Gasteiger partial charge is 0.256 e. The number of benzene rings is 2. The lowest BCUT2D eigenvalue weighted by atomic mass is 10.0. The predicted octanol–water partition coefficient (Wildman–Crippen LogP) is 6.03. The van der Waals surface area contributed by atoms with Gasteiger partial charge in [-0.3, -0.25) is 9.59 Å². The summed E-state index contributed by atoms with van der Waals surface area (Å²) in [5, 5.41) is 4.89. The summed E-state index contributed by atoms with van der Waals surface area (Å²) >= 11 is 3.20. The van der Waals surface area contributed by atoms with Gasteiger partial charge in [-0.2, -0.15) is 0 Å². The van der Waals surface area contributed by atoms with Crippen LogP contribution in [-0.2, 0) is 17.8 Å². The van der Waals surface area contributed by atoms with Gasteiger partial charge < -0.3 is 15.1 Å². The molecule has 0 fully saturated rings. The molecule has 0 bridgehead atoms. The Labute approximate surface area is 213 Å². The van der Waals surface area contributed by atoms with E-state index in [9.17, 15) is 9.59 Å². The van der Waals surface area contributed by atoms with Gasteiger partial charge in [0.05, 0.1) is 16.8 Å². The Hall–Kier alpha value is -3.23. The zero-order chi connectivity index (χ0) is 24.5. The van der Waals surface area contributed by atoms with Crippen molar-refractivity contribution in [1.82, 2.24) is 9.88 Å². The van der Waals surface area contributed by atoms with E-state index in [-0.39, 0.29) is 11.8 Å². The van der Waals surface area contributed by atoms with Crippen LogP contribution in [0.4, 0.5) is 10.7 Å². The van der Waals surface area contributed by atoms with Crippen molar-refractivity contribution in [2.45, 2.75) is 33.7 Å². The third-order valence-electron chi connectivity index (χ3n) is 6.50. The van der Waals surface area contributed by atoms with Crippen LogP contribution in [0.2, 0.25) is 0 Å². The van der Waals surface area contributed by atoms with E-state index in [1.807, 2.05) is 47.4 Å². The van der Waals surface area contributed by atoms with Crippen LogP contribution in [0.15, 0.2) is 48.5 Å². The van der Waals surface area contributed by atoms with E-state index in [2.05, 4.69) is 30.1 Å². The Balaban J connectivity index is 1.50. The van der Waals surface area contributed by atoms with Gasteiger partial charge in [-0.15, -0.1) is 22.7 Å². The average Bonchev–Trinajstić information content (AvgIpc) is 3.45. The van der Waals surface area contributed by atoms with Crippen LogP contribution in [0, 0.1) is 0 Å². The van der Waals surface area contributed by atoms with E-state index >= 15 is 0 Å². The van der Waals surface area contributed by atoms with Crippen molar-refractivity contribution in [3.63, 3.8) is 0 Å². The maximum absolute atomic E-state index is 13.3. The van der Waals surface area contributed by atoms with Gasteiger partial charge in [0.25, 0.3) is 5.91 Å². The summed E-state index contributed by atoms with van der Waals surface area (Å²) in [6.07, 6.45) is 0.755. The third kappa shape index (κ3) is 4.56. The van der Waals surface area contributed by atoms with E-state index in [1.165, 1.54) is 5.56 Å². The summed E-state index contributed by atoms with van der Waals surface area (Å²) in [4.78, 5) is 35.4. The van der Waals surface area contributed by atoms with Crippen molar-refractivity contribution in [3.8, 4) is 10.6 Å². The standard InChI is InChI=1S/C27H28N4O2S2/c1-4-30(5-2)19-12-10-18(11-13-19)25(33)29-27-24(26-28-21-8-6-7-9-22(21)34-26)20-14-15-31(17(3)32)16-23(20)35-27/h6-13H,4-5,14-16H2,1-3H3,(H,29,33). The molecule has 1 aliphatic rings. The van der Waals surface area contributed by atoms with Crippen molar-refractivity contribution in [2.75, 3.05) is 29.9 Å². The number of aromatic nitrogens is 1. The van der Waals surface area contributed by atoms with Crippen LogP contribution in [0.3, 0.4) is 0 Å². The molecule has 2 aromatic heterocycles. The van der Waals surface area contributed by atoms with Gasteiger partial charge in [0.15, 0.2) is 0 Å². The second-order valence-electron chi connectivity index (χ2n) is 8.56. The molecular weight excluding hydrogens is 476 g/mol. The first kappa shape index (κ1) is 23.5. The predicted molar refractivity (Wildman–Crippen MR) is 146 cm³/mol. The van der Waals surface area contributed by atoms with E-state index in [1.54, 1.807) is 29.6 Å². The topological polar surface area (TPSA) is 65.5 Å². The number of hydrogen-bond donors (Lipinski definition) is 1. The molecule has 1 N–H and O–H groups in total. The molecule has 0 radical (unpaired) electrons. The lowest BCUT2D eigenvalue weighted by Crippen LogP contribution is -2.33. The van der Waals surface area contributed by atoms with Gasteiger partial charge in [0, 0.05) is 48.2 Å². The number of para-hydroxylation sites is 1. The fourth-order valence-corrected chi connectivity index (χ4v) is 6.92. The molecule has 6 nitrogen and oxygen atoms in total. The summed E-state index contributed by atoms with van der Waals surface area (Å²) in [7, 11) is 0. The molecule has 0 atom stereocenters. The summed E-state index contributed by atoms with van der Waals surface area (Å²) < 4.78 is 1.12. The average molecular weight is 505 g/mol. The molecule has 0 aliphatic carbocycles. The molecule has 3 heterocycles. The second kappa shape index (κ2) is 9.79. The summed E-state index contributed by atoms with van der Waals surface area (Å²) in [5.41, 5.74) is 4.88. The molecule has 0 saturated heterocycles. The van der Waals surface area contributed by atoms with Crippen molar-refractivity contribution in [3.05, 3.63) is 64.5 Å². The maximum Gasteiger partial charge on any atom is 0.256 e. The molecule has 5 rings (SSSR count). The minimum Gasteiger partial charge on any atom is -0.372 e. The minimum atomic E-state index is -0.138. The van der Waals surface area contributed by atoms with E-state index in [4.69, 9.17) is 4.98 Å². The van der Waals surface area contributed by atoms with Gasteiger partial charge in [-0.1, -0.05) is 12.1 Å². The Morgan fingerprint density at radius 3 is 2.49 bits per heavy atom. The molecule has 0 unspecified atom stereocenters. The summed E-state index contributed by atoms with van der Waals surface area (Å²) in [6, 6.07) is 15.9. The number of hydrogen-bond acceptors (Lipinski definition) is 6. The van der Waals surface area contributed by atoms with Crippen molar-refractivity contribution in [1.29, 1.82) is 0 Å². The Morgan fingerprint density at radius 2 is 1.80 bits per heavy atom. The maximum atomic E-state index is 13.3. The first-order valence-electron chi connectivity index (χ1n) is 11.9. The number of nitrogens with zero attached hydrogens (tertiary/aromatic N) is 3. The van der Waals surface area contributed by atoms with Gasteiger partial charge in [0.1, 0.15) is 10.0 Å². The van der Waals surface area contributed by atoms with Crippen LogP contribution in [0.5, 0.6) is 0 Å². The minimum absolute atomic E-state index is 0.0736. The van der Waals surface area contributed by atoms with Gasteiger partial charge in [-0.05, 0) is 62.2 Å². The van der Waals surface area contributed by atoms with Crippen LogP contribution in [-0.4, -0.2) is 41.3 Å². The molecule has 180 valence electrons. The number of anilines is 2. The molecule has 1 aliphatic heterocycles. The van der Waals surface area contributed by atoms with E-state index in [0.29, 0.717) is 18.7 Å². The lowest BCUT2D eigenvalue weighted by molar-refractivity contribution is -0.129. The molecular formula is C27H28N4O2S2.